The van der Waals surface area contributed by atoms with Gasteiger partial charge in [0.2, 0.25) is 0 Å². The molecule has 1 atom stereocenters. The molecule has 1 heterocycles. The van der Waals surface area contributed by atoms with E-state index in [0.717, 1.165) is 0 Å². The normalized spacial score (nSPS) is 18.0. The number of hydrogen-bond acceptors (Lipinski definition) is 4. The van der Waals surface area contributed by atoms with Gasteiger partial charge < -0.3 is 9.64 Å². The second kappa shape index (κ2) is 9.39. The van der Waals surface area contributed by atoms with Gasteiger partial charge in [0.1, 0.15) is 5.75 Å². The Kier molecular flexibility index (Phi) is 7.24. The molecule has 168 valence electrons. The monoisotopic (exact) mass is 483 g/mol. The lowest BCUT2D eigenvalue weighted by Crippen LogP contribution is -2.43. The first-order chi connectivity index (χ1) is 14.4. The molecule has 0 radical (unpaired) electrons. The topological polar surface area (TPSA) is 63.7 Å². The first-order valence-corrected chi connectivity index (χ1v) is 12.7. The van der Waals surface area contributed by atoms with Crippen molar-refractivity contribution >= 4 is 38.9 Å². The Labute approximate surface area is 194 Å². The number of carbonyl (C=O) groups excluding carboxylic acids is 1. The number of amides is 1. The fourth-order valence-electron chi connectivity index (χ4n) is 3.55. The molecule has 31 heavy (non-hydrogen) atoms. The molecule has 2 aromatic rings. The zero-order valence-corrected chi connectivity index (χ0v) is 20.2. The molecule has 0 saturated carbocycles. The quantitative estimate of drug-likeness (QED) is 0.586. The number of rotatable bonds is 6. The van der Waals surface area contributed by atoms with Crippen LogP contribution in [0.15, 0.2) is 42.5 Å². The van der Waals surface area contributed by atoms with Crippen molar-refractivity contribution in [1.29, 1.82) is 0 Å². The number of halogens is 2. The van der Waals surface area contributed by atoms with E-state index in [4.69, 9.17) is 27.9 Å². The molecule has 3 rings (SSSR count). The summed E-state index contributed by atoms with van der Waals surface area (Å²) < 4.78 is 29.7. The Hall–Kier alpha value is -1.76. The van der Waals surface area contributed by atoms with E-state index in [-0.39, 0.29) is 36.0 Å². The molecule has 1 aliphatic heterocycles. The largest absolute Gasteiger partial charge is 0.484 e. The zero-order chi connectivity index (χ0) is 22.8. The van der Waals surface area contributed by atoms with Crippen molar-refractivity contribution in [1.82, 2.24) is 4.90 Å². The minimum absolute atomic E-state index is 0.0248. The van der Waals surface area contributed by atoms with E-state index >= 15 is 0 Å². The summed E-state index contributed by atoms with van der Waals surface area (Å²) in [5.74, 6) is 0.327. The van der Waals surface area contributed by atoms with Gasteiger partial charge >= 0.3 is 0 Å². The second-order valence-corrected chi connectivity index (χ2v) is 11.9. The molecule has 1 fully saturated rings. The summed E-state index contributed by atoms with van der Waals surface area (Å²) >= 11 is 12.3. The van der Waals surface area contributed by atoms with Crippen LogP contribution in [-0.4, -0.2) is 43.4 Å². The standard InChI is InChI=1S/C23H27Cl2NO4S/c1-23(2,3)17-5-8-20(9-6-17)30-14-22(27)26(19-10-11-31(28,29)15-19)13-16-4-7-18(24)12-21(16)25/h4-9,12,19H,10-11,13-15H2,1-3H3. The molecule has 1 aliphatic rings. The van der Waals surface area contributed by atoms with Gasteiger partial charge in [0.25, 0.3) is 5.91 Å². The number of sulfone groups is 1. The molecule has 5 nitrogen and oxygen atoms in total. The van der Waals surface area contributed by atoms with E-state index < -0.39 is 15.9 Å². The molecule has 1 unspecified atom stereocenters. The molecule has 0 N–H and O–H groups in total. The smallest absolute Gasteiger partial charge is 0.261 e. The third-order valence-electron chi connectivity index (χ3n) is 5.41. The zero-order valence-electron chi connectivity index (χ0n) is 17.9. The fourth-order valence-corrected chi connectivity index (χ4v) is 5.75. The summed E-state index contributed by atoms with van der Waals surface area (Å²) in [7, 11) is -3.16. The van der Waals surface area contributed by atoms with Crippen LogP contribution in [0.3, 0.4) is 0 Å². The minimum atomic E-state index is -3.16. The second-order valence-electron chi connectivity index (χ2n) is 8.88. The highest BCUT2D eigenvalue weighted by Gasteiger charge is 2.35. The van der Waals surface area contributed by atoms with Crippen molar-refractivity contribution in [2.24, 2.45) is 0 Å². The van der Waals surface area contributed by atoms with Crippen LogP contribution < -0.4 is 4.74 Å². The van der Waals surface area contributed by atoms with E-state index in [9.17, 15) is 13.2 Å². The Morgan fingerprint density at radius 1 is 1.13 bits per heavy atom. The summed E-state index contributed by atoms with van der Waals surface area (Å²) in [6, 6.07) is 12.3. The van der Waals surface area contributed by atoms with Crippen LogP contribution in [0.2, 0.25) is 10.0 Å². The SMILES string of the molecule is CC(C)(C)c1ccc(OCC(=O)N(Cc2ccc(Cl)cc2Cl)C2CCS(=O)(=O)C2)cc1. The Morgan fingerprint density at radius 3 is 2.35 bits per heavy atom. The summed E-state index contributed by atoms with van der Waals surface area (Å²) in [4.78, 5) is 14.6. The van der Waals surface area contributed by atoms with E-state index in [1.54, 1.807) is 23.1 Å². The fraction of sp³-hybridized carbons (Fsp3) is 0.435. The third-order valence-corrected chi connectivity index (χ3v) is 7.75. The molecule has 1 amide bonds. The van der Waals surface area contributed by atoms with Gasteiger partial charge in [-0.3, -0.25) is 4.79 Å². The van der Waals surface area contributed by atoms with Gasteiger partial charge in [0.15, 0.2) is 16.4 Å². The van der Waals surface area contributed by atoms with Crippen LogP contribution in [0.25, 0.3) is 0 Å². The van der Waals surface area contributed by atoms with E-state index in [2.05, 4.69) is 20.8 Å². The predicted molar refractivity (Wildman–Crippen MR) is 125 cm³/mol. The number of carbonyl (C=O) groups is 1. The highest BCUT2D eigenvalue weighted by atomic mass is 35.5. The molecule has 0 spiro atoms. The first-order valence-electron chi connectivity index (χ1n) is 10.1. The third kappa shape index (κ3) is 6.37. The Balaban J connectivity index is 1.74. The number of ether oxygens (including phenoxy) is 1. The van der Waals surface area contributed by atoms with Crippen molar-refractivity contribution in [2.45, 2.75) is 45.2 Å². The van der Waals surface area contributed by atoms with Gasteiger partial charge in [-0.1, -0.05) is 62.2 Å². The van der Waals surface area contributed by atoms with Crippen LogP contribution in [0.4, 0.5) is 0 Å². The van der Waals surface area contributed by atoms with Gasteiger partial charge in [-0.05, 0) is 47.2 Å². The van der Waals surface area contributed by atoms with Gasteiger partial charge in [0.05, 0.1) is 11.5 Å². The van der Waals surface area contributed by atoms with Crippen LogP contribution >= 0.6 is 23.2 Å². The lowest BCUT2D eigenvalue weighted by atomic mass is 9.87. The van der Waals surface area contributed by atoms with Gasteiger partial charge in [0, 0.05) is 22.6 Å². The average Bonchev–Trinajstić information content (AvgIpc) is 3.04. The molecule has 0 bridgehead atoms. The van der Waals surface area contributed by atoms with Gasteiger partial charge in [-0.15, -0.1) is 0 Å². The van der Waals surface area contributed by atoms with Crippen molar-refractivity contribution < 1.29 is 17.9 Å². The number of nitrogens with zero attached hydrogens (tertiary/aromatic N) is 1. The molecular formula is C23H27Cl2NO4S. The predicted octanol–water partition coefficient (Wildman–Crippen LogP) is 4.89. The molecule has 2 aromatic carbocycles. The summed E-state index contributed by atoms with van der Waals surface area (Å²) in [6.07, 6.45) is 0.402. The van der Waals surface area contributed by atoms with E-state index in [1.165, 1.54) is 5.56 Å². The average molecular weight is 484 g/mol. The molecule has 8 heteroatoms. The summed E-state index contributed by atoms with van der Waals surface area (Å²) in [5.41, 5.74) is 1.90. The summed E-state index contributed by atoms with van der Waals surface area (Å²) in [6.45, 7) is 6.39. The first kappa shape index (κ1) is 23.9. The Morgan fingerprint density at radius 2 is 1.81 bits per heavy atom. The van der Waals surface area contributed by atoms with Crippen LogP contribution in [-0.2, 0) is 26.6 Å². The molecule has 0 aromatic heterocycles. The van der Waals surface area contributed by atoms with Gasteiger partial charge in [-0.2, -0.15) is 0 Å². The van der Waals surface area contributed by atoms with Crippen LogP contribution in [0.1, 0.15) is 38.3 Å². The highest BCUT2D eigenvalue weighted by molar-refractivity contribution is 7.91. The summed E-state index contributed by atoms with van der Waals surface area (Å²) in [5, 5.41) is 0.932. The highest BCUT2D eigenvalue weighted by Crippen LogP contribution is 2.27. The number of benzene rings is 2. The maximum Gasteiger partial charge on any atom is 0.261 e. The van der Waals surface area contributed by atoms with Gasteiger partial charge in [-0.25, -0.2) is 8.42 Å². The number of hydrogen-bond donors (Lipinski definition) is 0. The molecule has 0 aliphatic carbocycles. The van der Waals surface area contributed by atoms with Crippen molar-refractivity contribution in [3.63, 3.8) is 0 Å². The van der Waals surface area contributed by atoms with Crippen molar-refractivity contribution in [3.8, 4) is 5.75 Å². The van der Waals surface area contributed by atoms with Crippen molar-refractivity contribution in [3.05, 3.63) is 63.6 Å². The van der Waals surface area contributed by atoms with E-state index in [1.807, 2.05) is 24.3 Å². The lowest BCUT2D eigenvalue weighted by Gasteiger charge is -2.29. The van der Waals surface area contributed by atoms with Crippen molar-refractivity contribution in [2.75, 3.05) is 18.1 Å². The van der Waals surface area contributed by atoms with E-state index in [0.29, 0.717) is 27.8 Å². The maximum atomic E-state index is 13.1. The molecule has 1 saturated heterocycles. The Bertz CT molecular complexity index is 1050. The maximum absolute atomic E-state index is 13.1. The van der Waals surface area contributed by atoms with Crippen LogP contribution in [0.5, 0.6) is 5.75 Å². The minimum Gasteiger partial charge on any atom is -0.484 e. The molecular weight excluding hydrogens is 457 g/mol. The lowest BCUT2D eigenvalue weighted by molar-refractivity contribution is -0.136. The van der Waals surface area contributed by atoms with Crippen LogP contribution in [0, 0.1) is 0 Å².